The van der Waals surface area contributed by atoms with Crippen LogP contribution in [0.4, 0.5) is 0 Å². The number of nitrogens with two attached hydrogens (primary N) is 1. The van der Waals surface area contributed by atoms with Gasteiger partial charge >= 0.3 is 5.63 Å². The van der Waals surface area contributed by atoms with E-state index in [9.17, 15) is 9.59 Å². The first-order valence-electron chi connectivity index (χ1n) is 9.54. The molecular weight excluding hydrogens is 380 g/mol. The first-order valence-corrected chi connectivity index (χ1v) is 9.54. The molecule has 0 radical (unpaired) electrons. The fourth-order valence-corrected chi connectivity index (χ4v) is 3.97. The molecule has 1 aromatic heterocycles. The number of piperidine rings is 1. The monoisotopic (exact) mass is 408 g/mol. The van der Waals surface area contributed by atoms with Gasteiger partial charge in [-0.2, -0.15) is 0 Å². The predicted molar refractivity (Wildman–Crippen MR) is 112 cm³/mol. The van der Waals surface area contributed by atoms with E-state index in [0.29, 0.717) is 35.8 Å². The first-order chi connectivity index (χ1) is 12.9. The Morgan fingerprint density at radius 1 is 1.39 bits per heavy atom. The summed E-state index contributed by atoms with van der Waals surface area (Å²) in [5, 5.41) is 0.865. The smallest absolute Gasteiger partial charge is 0.339 e. The van der Waals surface area contributed by atoms with Gasteiger partial charge in [-0.15, -0.1) is 12.4 Å². The molecule has 6 nitrogen and oxygen atoms in total. The number of ether oxygens (including phenoxy) is 1. The molecule has 3 rings (SSSR count). The summed E-state index contributed by atoms with van der Waals surface area (Å²) in [5.41, 5.74) is 7.41. The van der Waals surface area contributed by atoms with Crippen molar-refractivity contribution in [3.05, 3.63) is 39.7 Å². The van der Waals surface area contributed by atoms with Gasteiger partial charge in [0, 0.05) is 42.6 Å². The Balaban J connectivity index is 0.00000280. The minimum atomic E-state index is -0.385. The van der Waals surface area contributed by atoms with Crippen LogP contribution in [0, 0.1) is 12.8 Å². The number of carbonyl (C=O) groups excluding carboxylic acids is 1. The lowest BCUT2D eigenvalue weighted by atomic mass is 9.92. The number of aryl methyl sites for hydroxylation is 1. The number of hydrogen-bond acceptors (Lipinski definition) is 5. The van der Waals surface area contributed by atoms with Gasteiger partial charge in [-0.3, -0.25) is 4.79 Å². The highest BCUT2D eigenvalue weighted by Crippen LogP contribution is 2.26. The third-order valence-corrected chi connectivity index (χ3v) is 5.65. The molecule has 1 amide bonds. The average molecular weight is 409 g/mol. The molecule has 7 heteroatoms. The Labute approximate surface area is 171 Å². The van der Waals surface area contributed by atoms with Gasteiger partial charge in [0.25, 0.3) is 0 Å². The SMILES string of the molecule is COc1ccc2c(C)c(CCC(=O)N3CCC(C)CC3CN)c(=O)oc2c1.Cl. The Morgan fingerprint density at radius 2 is 2.14 bits per heavy atom. The van der Waals surface area contributed by atoms with Gasteiger partial charge in [0.15, 0.2) is 0 Å². The minimum absolute atomic E-state index is 0. The largest absolute Gasteiger partial charge is 0.497 e. The van der Waals surface area contributed by atoms with Crippen LogP contribution in [0.2, 0.25) is 0 Å². The van der Waals surface area contributed by atoms with Gasteiger partial charge in [-0.05, 0) is 49.8 Å². The molecule has 2 atom stereocenters. The van der Waals surface area contributed by atoms with Crippen molar-refractivity contribution >= 4 is 29.3 Å². The van der Waals surface area contributed by atoms with Crippen LogP contribution in [0.15, 0.2) is 27.4 Å². The quantitative estimate of drug-likeness (QED) is 0.768. The van der Waals surface area contributed by atoms with Crippen LogP contribution < -0.4 is 16.1 Å². The van der Waals surface area contributed by atoms with Gasteiger partial charge < -0.3 is 19.8 Å². The zero-order valence-corrected chi connectivity index (χ0v) is 17.5. The third kappa shape index (κ3) is 4.50. The molecule has 2 heterocycles. The van der Waals surface area contributed by atoms with Crippen molar-refractivity contribution in [1.82, 2.24) is 4.90 Å². The highest BCUT2D eigenvalue weighted by atomic mass is 35.5. The van der Waals surface area contributed by atoms with Crippen LogP contribution in [0.1, 0.15) is 37.3 Å². The maximum absolute atomic E-state index is 12.7. The molecule has 0 bridgehead atoms. The molecule has 2 unspecified atom stereocenters. The molecule has 0 aliphatic carbocycles. The molecule has 0 saturated carbocycles. The number of fused-ring (bicyclic) bond motifs is 1. The summed E-state index contributed by atoms with van der Waals surface area (Å²) in [7, 11) is 1.57. The second-order valence-electron chi connectivity index (χ2n) is 7.46. The van der Waals surface area contributed by atoms with Crippen molar-refractivity contribution in [3.63, 3.8) is 0 Å². The van der Waals surface area contributed by atoms with E-state index in [-0.39, 0.29) is 36.4 Å². The second kappa shape index (κ2) is 9.43. The minimum Gasteiger partial charge on any atom is -0.497 e. The second-order valence-corrected chi connectivity index (χ2v) is 7.46. The van der Waals surface area contributed by atoms with Crippen molar-refractivity contribution < 1.29 is 13.9 Å². The molecule has 1 aromatic carbocycles. The Kier molecular flexibility index (Phi) is 7.49. The van der Waals surface area contributed by atoms with E-state index < -0.39 is 0 Å². The number of hydrogen-bond donors (Lipinski definition) is 1. The number of carbonyl (C=O) groups is 1. The number of methoxy groups -OCH3 is 1. The van der Waals surface area contributed by atoms with Gasteiger partial charge in [0.1, 0.15) is 11.3 Å². The lowest BCUT2D eigenvalue weighted by Crippen LogP contribution is -2.49. The fourth-order valence-electron chi connectivity index (χ4n) is 3.97. The Hall–Kier alpha value is -2.05. The number of rotatable bonds is 5. The summed E-state index contributed by atoms with van der Waals surface area (Å²) >= 11 is 0. The number of halogens is 1. The summed E-state index contributed by atoms with van der Waals surface area (Å²) in [4.78, 5) is 27.1. The van der Waals surface area contributed by atoms with E-state index in [1.165, 1.54) is 0 Å². The van der Waals surface area contributed by atoms with Crippen LogP contribution >= 0.6 is 12.4 Å². The van der Waals surface area contributed by atoms with Crippen LogP contribution in [-0.4, -0.2) is 37.0 Å². The van der Waals surface area contributed by atoms with Crippen molar-refractivity contribution in [1.29, 1.82) is 0 Å². The maximum atomic E-state index is 12.7. The number of benzene rings is 1. The standard InChI is InChI=1S/C21H28N2O4.ClH/c1-13-8-9-23(15(10-13)12-22)20(24)7-6-18-14(2)17-5-4-16(26-3)11-19(17)27-21(18)25;/h4-5,11,13,15H,6-10,12,22H2,1-3H3;1H. The predicted octanol–water partition coefficient (Wildman–Crippen LogP) is 3.05. The first kappa shape index (κ1) is 22.2. The lowest BCUT2D eigenvalue weighted by molar-refractivity contribution is -0.135. The summed E-state index contributed by atoms with van der Waals surface area (Å²) in [5.74, 6) is 1.29. The molecule has 1 aliphatic rings. The third-order valence-electron chi connectivity index (χ3n) is 5.65. The lowest BCUT2D eigenvalue weighted by Gasteiger charge is -2.38. The van der Waals surface area contributed by atoms with Gasteiger partial charge in [0.2, 0.25) is 5.91 Å². The Bertz CT molecular complexity index is 896. The number of likely N-dealkylation sites (tertiary alicyclic amines) is 1. The molecule has 28 heavy (non-hydrogen) atoms. The van der Waals surface area contributed by atoms with E-state index in [4.69, 9.17) is 14.9 Å². The summed E-state index contributed by atoms with van der Waals surface area (Å²) in [6.07, 6.45) is 2.61. The van der Waals surface area contributed by atoms with Crippen molar-refractivity contribution in [2.45, 2.75) is 45.6 Å². The normalized spacial score (nSPS) is 19.4. The zero-order valence-electron chi connectivity index (χ0n) is 16.7. The molecule has 1 fully saturated rings. The summed E-state index contributed by atoms with van der Waals surface area (Å²) in [6.45, 7) is 5.32. The van der Waals surface area contributed by atoms with Gasteiger partial charge in [0.05, 0.1) is 7.11 Å². The summed E-state index contributed by atoms with van der Waals surface area (Å²) < 4.78 is 10.7. The van der Waals surface area contributed by atoms with E-state index in [1.54, 1.807) is 13.2 Å². The molecule has 1 saturated heterocycles. The zero-order chi connectivity index (χ0) is 19.6. The van der Waals surface area contributed by atoms with E-state index in [1.807, 2.05) is 24.0 Å². The van der Waals surface area contributed by atoms with Crippen LogP contribution in [0.5, 0.6) is 5.75 Å². The van der Waals surface area contributed by atoms with Crippen molar-refractivity contribution in [2.75, 3.05) is 20.2 Å². The highest BCUT2D eigenvalue weighted by Gasteiger charge is 2.28. The van der Waals surface area contributed by atoms with Crippen LogP contribution in [0.25, 0.3) is 11.0 Å². The fraction of sp³-hybridized carbons (Fsp3) is 0.524. The molecule has 1 aliphatic heterocycles. The van der Waals surface area contributed by atoms with Gasteiger partial charge in [-0.1, -0.05) is 6.92 Å². The highest BCUT2D eigenvalue weighted by molar-refractivity contribution is 5.85. The van der Waals surface area contributed by atoms with Crippen LogP contribution in [0.3, 0.4) is 0 Å². The number of nitrogens with zero attached hydrogens (tertiary/aromatic N) is 1. The molecule has 0 spiro atoms. The number of amides is 1. The molecular formula is C21H29ClN2O4. The van der Waals surface area contributed by atoms with Crippen LogP contribution in [-0.2, 0) is 11.2 Å². The Morgan fingerprint density at radius 3 is 2.82 bits per heavy atom. The van der Waals surface area contributed by atoms with Crippen molar-refractivity contribution in [3.8, 4) is 5.75 Å². The summed E-state index contributed by atoms with van der Waals surface area (Å²) in [6, 6.07) is 5.53. The van der Waals surface area contributed by atoms with E-state index in [2.05, 4.69) is 6.92 Å². The van der Waals surface area contributed by atoms with E-state index >= 15 is 0 Å². The average Bonchev–Trinajstić information content (AvgIpc) is 2.66. The van der Waals surface area contributed by atoms with Gasteiger partial charge in [-0.25, -0.2) is 4.79 Å². The topological polar surface area (TPSA) is 85.8 Å². The maximum Gasteiger partial charge on any atom is 0.339 e. The molecule has 2 N–H and O–H groups in total. The van der Waals surface area contributed by atoms with E-state index in [0.717, 1.165) is 30.3 Å². The molecule has 2 aromatic rings. The van der Waals surface area contributed by atoms with Crippen molar-refractivity contribution in [2.24, 2.45) is 11.7 Å². The molecule has 154 valence electrons.